The van der Waals surface area contributed by atoms with Crippen LogP contribution in [0.3, 0.4) is 0 Å². The number of hydrogen-bond donors (Lipinski definition) is 1. The molecular weight excluding hydrogens is 418 g/mol. The number of methoxy groups -OCH3 is 2. The average molecular weight is 444 g/mol. The summed E-state index contributed by atoms with van der Waals surface area (Å²) >= 11 is 0. The van der Waals surface area contributed by atoms with Gasteiger partial charge in [-0.15, -0.1) is 0 Å². The molecule has 0 spiro atoms. The van der Waals surface area contributed by atoms with E-state index in [-0.39, 0.29) is 5.91 Å². The molecule has 0 fully saturated rings. The van der Waals surface area contributed by atoms with Gasteiger partial charge in [-0.05, 0) is 30.7 Å². The number of carbonyl (C=O) groups excluding carboxylic acids is 1. The van der Waals surface area contributed by atoms with Crippen molar-refractivity contribution in [2.75, 3.05) is 14.2 Å². The molecule has 3 aromatic carbocycles. The Hall–Kier alpha value is -4.13. The predicted molar refractivity (Wildman–Crippen MR) is 124 cm³/mol. The van der Waals surface area contributed by atoms with E-state index in [0.717, 1.165) is 16.7 Å². The van der Waals surface area contributed by atoms with Crippen LogP contribution in [0.15, 0.2) is 77.3 Å². The van der Waals surface area contributed by atoms with Crippen LogP contribution in [0.25, 0.3) is 11.4 Å². The van der Waals surface area contributed by atoms with Crippen LogP contribution < -0.4 is 14.8 Å². The number of benzene rings is 3. The maximum Gasteiger partial charge on any atom is 0.252 e. The third kappa shape index (κ3) is 5.38. The first-order chi connectivity index (χ1) is 16.1. The zero-order valence-corrected chi connectivity index (χ0v) is 18.7. The Morgan fingerprint density at radius 2 is 1.70 bits per heavy atom. The number of aryl methyl sites for hydroxylation is 1. The predicted octanol–water partition coefficient (Wildman–Crippen LogP) is 4.78. The minimum atomic E-state index is -0.525. The van der Waals surface area contributed by atoms with E-state index in [0.29, 0.717) is 35.2 Å². The highest BCUT2D eigenvalue weighted by molar-refractivity contribution is 5.95. The average Bonchev–Trinajstić information content (AvgIpc) is 3.34. The number of nitrogens with one attached hydrogen (secondary N) is 1. The van der Waals surface area contributed by atoms with Crippen LogP contribution in [0.5, 0.6) is 11.5 Å². The van der Waals surface area contributed by atoms with Crippen molar-refractivity contribution >= 4 is 5.91 Å². The minimum Gasteiger partial charge on any atom is -0.497 e. The van der Waals surface area contributed by atoms with Crippen molar-refractivity contribution < 1.29 is 18.8 Å². The number of aromatic nitrogens is 2. The Morgan fingerprint density at radius 3 is 2.36 bits per heavy atom. The van der Waals surface area contributed by atoms with E-state index in [2.05, 4.69) is 15.5 Å². The molecule has 4 rings (SSSR count). The van der Waals surface area contributed by atoms with E-state index >= 15 is 0 Å². The molecule has 0 aliphatic heterocycles. The normalized spacial score (nSPS) is 11.6. The number of carbonyl (C=O) groups is 1. The quantitative estimate of drug-likeness (QED) is 0.422. The highest BCUT2D eigenvalue weighted by Crippen LogP contribution is 2.25. The second-order valence-electron chi connectivity index (χ2n) is 7.64. The molecule has 0 bridgehead atoms. The summed E-state index contributed by atoms with van der Waals surface area (Å²) in [5, 5.41) is 7.18. The molecule has 0 aliphatic carbocycles. The van der Waals surface area contributed by atoms with Crippen molar-refractivity contribution in [3.63, 3.8) is 0 Å². The highest BCUT2D eigenvalue weighted by Gasteiger charge is 2.23. The van der Waals surface area contributed by atoms with Gasteiger partial charge in [0.15, 0.2) is 0 Å². The number of ether oxygens (including phenoxy) is 2. The Morgan fingerprint density at radius 1 is 0.970 bits per heavy atom. The van der Waals surface area contributed by atoms with Gasteiger partial charge >= 0.3 is 0 Å². The summed E-state index contributed by atoms with van der Waals surface area (Å²) in [6.45, 7) is 2.01. The van der Waals surface area contributed by atoms with Crippen LogP contribution >= 0.6 is 0 Å². The summed E-state index contributed by atoms with van der Waals surface area (Å²) in [6.07, 6.45) is 0.489. The van der Waals surface area contributed by atoms with Gasteiger partial charge in [-0.3, -0.25) is 4.79 Å². The van der Waals surface area contributed by atoms with Crippen molar-refractivity contribution in [2.24, 2.45) is 0 Å². The fourth-order valence-electron chi connectivity index (χ4n) is 3.51. The molecule has 1 atom stereocenters. The van der Waals surface area contributed by atoms with Gasteiger partial charge in [-0.2, -0.15) is 4.98 Å². The van der Waals surface area contributed by atoms with Crippen LogP contribution in [-0.4, -0.2) is 30.3 Å². The summed E-state index contributed by atoms with van der Waals surface area (Å²) in [5.41, 5.74) is 3.39. The lowest BCUT2D eigenvalue weighted by Gasteiger charge is -2.16. The Balaban J connectivity index is 1.64. The van der Waals surface area contributed by atoms with Crippen LogP contribution in [0.2, 0.25) is 0 Å². The fourth-order valence-corrected chi connectivity index (χ4v) is 3.51. The summed E-state index contributed by atoms with van der Waals surface area (Å²) in [4.78, 5) is 17.8. The van der Waals surface area contributed by atoms with Gasteiger partial charge < -0.3 is 19.3 Å². The van der Waals surface area contributed by atoms with Gasteiger partial charge in [-0.1, -0.05) is 59.3 Å². The second kappa shape index (κ2) is 9.99. The summed E-state index contributed by atoms with van der Waals surface area (Å²) in [5.74, 6) is 1.56. The zero-order valence-electron chi connectivity index (χ0n) is 18.7. The maximum absolute atomic E-state index is 13.2. The van der Waals surface area contributed by atoms with Crippen molar-refractivity contribution in [3.8, 4) is 22.9 Å². The van der Waals surface area contributed by atoms with E-state index < -0.39 is 6.04 Å². The van der Waals surface area contributed by atoms with Gasteiger partial charge in [0, 0.05) is 23.6 Å². The first-order valence-corrected chi connectivity index (χ1v) is 10.5. The standard InChI is InChI=1S/C26H25N3O4/c1-17-8-7-11-19(12-17)24-28-26(33-29-24)23(13-18-9-5-4-6-10-18)27-25(30)20-14-21(31-2)16-22(15-20)32-3/h4-12,14-16,23H,13H2,1-3H3,(H,27,30). The number of nitrogens with zero attached hydrogens (tertiary/aromatic N) is 2. The summed E-state index contributed by atoms with van der Waals surface area (Å²) in [7, 11) is 3.08. The fraction of sp³-hybridized carbons (Fsp3) is 0.192. The van der Waals surface area contributed by atoms with Gasteiger partial charge in [0.25, 0.3) is 5.91 Å². The maximum atomic E-state index is 13.2. The first kappa shape index (κ1) is 22.1. The van der Waals surface area contributed by atoms with Crippen molar-refractivity contribution in [1.82, 2.24) is 15.5 Å². The molecule has 1 amide bonds. The van der Waals surface area contributed by atoms with Crippen LogP contribution in [-0.2, 0) is 6.42 Å². The number of rotatable bonds is 8. The van der Waals surface area contributed by atoms with Crippen molar-refractivity contribution in [1.29, 1.82) is 0 Å². The SMILES string of the molecule is COc1cc(OC)cc(C(=O)NC(Cc2ccccc2)c2nc(-c3cccc(C)c3)no2)c1. The number of hydrogen-bond acceptors (Lipinski definition) is 6. The lowest BCUT2D eigenvalue weighted by molar-refractivity contribution is 0.0927. The molecule has 4 aromatic rings. The van der Waals surface area contributed by atoms with E-state index in [1.54, 1.807) is 32.4 Å². The molecule has 33 heavy (non-hydrogen) atoms. The van der Waals surface area contributed by atoms with Gasteiger partial charge in [0.1, 0.15) is 17.5 Å². The van der Waals surface area contributed by atoms with Crippen LogP contribution in [0.4, 0.5) is 0 Å². The van der Waals surface area contributed by atoms with E-state index in [1.165, 1.54) is 0 Å². The van der Waals surface area contributed by atoms with Gasteiger partial charge in [0.2, 0.25) is 11.7 Å². The second-order valence-corrected chi connectivity index (χ2v) is 7.64. The lowest BCUT2D eigenvalue weighted by atomic mass is 10.0. The minimum absolute atomic E-state index is 0.302. The molecule has 0 radical (unpaired) electrons. The van der Waals surface area contributed by atoms with E-state index in [1.807, 2.05) is 61.5 Å². The monoisotopic (exact) mass is 443 g/mol. The Kier molecular flexibility index (Phi) is 6.69. The number of amides is 1. The topological polar surface area (TPSA) is 86.5 Å². The first-order valence-electron chi connectivity index (χ1n) is 10.5. The van der Waals surface area contributed by atoms with E-state index in [4.69, 9.17) is 14.0 Å². The van der Waals surface area contributed by atoms with Gasteiger partial charge in [-0.25, -0.2) is 0 Å². The van der Waals surface area contributed by atoms with Crippen molar-refractivity contribution in [3.05, 3.63) is 95.4 Å². The summed E-state index contributed by atoms with van der Waals surface area (Å²) in [6, 6.07) is 22.2. The zero-order chi connectivity index (χ0) is 23.2. The molecule has 7 heteroatoms. The van der Waals surface area contributed by atoms with Crippen LogP contribution in [0, 0.1) is 6.92 Å². The Labute approximate surface area is 192 Å². The molecule has 0 saturated carbocycles. The Bertz CT molecular complexity index is 1220. The molecule has 168 valence electrons. The third-order valence-electron chi connectivity index (χ3n) is 5.22. The van der Waals surface area contributed by atoms with Crippen molar-refractivity contribution in [2.45, 2.75) is 19.4 Å². The third-order valence-corrected chi connectivity index (χ3v) is 5.22. The molecule has 0 saturated heterocycles. The molecule has 1 N–H and O–H groups in total. The smallest absolute Gasteiger partial charge is 0.252 e. The largest absolute Gasteiger partial charge is 0.497 e. The molecule has 7 nitrogen and oxygen atoms in total. The molecule has 1 heterocycles. The highest BCUT2D eigenvalue weighted by atomic mass is 16.5. The summed E-state index contributed by atoms with van der Waals surface area (Å²) < 4.78 is 16.2. The van der Waals surface area contributed by atoms with Crippen LogP contribution in [0.1, 0.15) is 33.4 Å². The molecule has 0 aliphatic rings. The van der Waals surface area contributed by atoms with E-state index in [9.17, 15) is 4.79 Å². The molecule has 1 unspecified atom stereocenters. The molecular formula is C26H25N3O4. The lowest BCUT2D eigenvalue weighted by Crippen LogP contribution is -2.30. The molecule has 1 aromatic heterocycles. The van der Waals surface area contributed by atoms with Gasteiger partial charge in [0.05, 0.1) is 14.2 Å².